The molecule has 0 atom stereocenters. The zero-order chi connectivity index (χ0) is 10.9. The van der Waals surface area contributed by atoms with Crippen LogP contribution in [0.5, 0.6) is 0 Å². The van der Waals surface area contributed by atoms with Crippen molar-refractivity contribution in [1.29, 1.82) is 0 Å². The minimum absolute atomic E-state index is 0.303. The lowest BCUT2D eigenvalue weighted by Gasteiger charge is -2.42. The summed E-state index contributed by atoms with van der Waals surface area (Å²) in [5, 5.41) is 0.612. The first-order valence-corrected chi connectivity index (χ1v) is 5.88. The summed E-state index contributed by atoms with van der Waals surface area (Å²) < 4.78 is 0. The van der Waals surface area contributed by atoms with E-state index >= 15 is 0 Å². The van der Waals surface area contributed by atoms with Crippen molar-refractivity contribution in [3.63, 3.8) is 0 Å². The SMILES string of the molecule is Cc1cc(C2(CCN)CCC2)cnc1Cl. The molecule has 0 spiro atoms. The molecule has 0 radical (unpaired) electrons. The molecule has 1 aromatic heterocycles. The molecule has 0 saturated heterocycles. The number of rotatable bonds is 3. The summed E-state index contributed by atoms with van der Waals surface area (Å²) in [4.78, 5) is 4.23. The van der Waals surface area contributed by atoms with Crippen molar-refractivity contribution in [2.24, 2.45) is 5.73 Å². The Balaban J connectivity index is 2.30. The third kappa shape index (κ3) is 1.88. The summed E-state index contributed by atoms with van der Waals surface area (Å²) in [6, 6.07) is 2.17. The van der Waals surface area contributed by atoms with E-state index in [-0.39, 0.29) is 0 Å². The van der Waals surface area contributed by atoms with Crippen LogP contribution in [0, 0.1) is 6.92 Å². The Morgan fingerprint density at radius 3 is 2.73 bits per heavy atom. The molecule has 2 nitrogen and oxygen atoms in total. The number of nitrogens with two attached hydrogens (primary N) is 1. The van der Waals surface area contributed by atoms with Crippen molar-refractivity contribution in [3.8, 4) is 0 Å². The van der Waals surface area contributed by atoms with Gasteiger partial charge in [-0.3, -0.25) is 0 Å². The summed E-state index contributed by atoms with van der Waals surface area (Å²) >= 11 is 5.93. The fourth-order valence-electron chi connectivity index (χ4n) is 2.41. The normalized spacial score (nSPS) is 18.6. The first-order chi connectivity index (χ1) is 7.18. The van der Waals surface area contributed by atoms with Gasteiger partial charge in [0, 0.05) is 6.20 Å². The molecule has 1 aromatic rings. The fraction of sp³-hybridized carbons (Fsp3) is 0.583. The average molecular weight is 225 g/mol. The standard InChI is InChI=1S/C12H17ClN2/c1-9-7-10(8-15-11(9)13)12(5-6-14)3-2-4-12/h7-8H,2-6,14H2,1H3. The van der Waals surface area contributed by atoms with Crippen LogP contribution >= 0.6 is 11.6 Å². The van der Waals surface area contributed by atoms with Crippen LogP contribution in [-0.2, 0) is 5.41 Å². The lowest BCUT2D eigenvalue weighted by molar-refractivity contribution is 0.229. The molecular formula is C12H17ClN2. The quantitative estimate of drug-likeness (QED) is 0.802. The molecule has 0 aliphatic heterocycles. The van der Waals surface area contributed by atoms with Crippen LogP contribution in [0.15, 0.2) is 12.3 Å². The predicted octanol–water partition coefficient (Wildman–Crippen LogP) is 2.81. The first-order valence-electron chi connectivity index (χ1n) is 5.51. The summed E-state index contributed by atoms with van der Waals surface area (Å²) in [7, 11) is 0. The predicted molar refractivity (Wildman–Crippen MR) is 63.2 cm³/mol. The fourth-order valence-corrected chi connectivity index (χ4v) is 2.51. The van der Waals surface area contributed by atoms with Crippen molar-refractivity contribution in [2.45, 2.75) is 38.0 Å². The average Bonchev–Trinajstić information content (AvgIpc) is 2.16. The Morgan fingerprint density at radius 2 is 2.27 bits per heavy atom. The molecule has 15 heavy (non-hydrogen) atoms. The molecule has 0 unspecified atom stereocenters. The molecule has 3 heteroatoms. The zero-order valence-corrected chi connectivity index (χ0v) is 9.85. The largest absolute Gasteiger partial charge is 0.330 e. The van der Waals surface area contributed by atoms with Gasteiger partial charge < -0.3 is 5.73 Å². The molecule has 82 valence electrons. The molecule has 1 heterocycles. The maximum absolute atomic E-state index is 5.93. The van der Waals surface area contributed by atoms with Crippen molar-refractivity contribution in [3.05, 3.63) is 28.5 Å². The number of nitrogens with zero attached hydrogens (tertiary/aromatic N) is 1. The summed E-state index contributed by atoms with van der Waals surface area (Å²) in [5.41, 5.74) is 8.37. The van der Waals surface area contributed by atoms with Gasteiger partial charge in [-0.15, -0.1) is 0 Å². The lowest BCUT2D eigenvalue weighted by atomic mass is 9.63. The van der Waals surface area contributed by atoms with Crippen molar-refractivity contribution in [1.82, 2.24) is 4.98 Å². The van der Waals surface area contributed by atoms with Crippen molar-refractivity contribution >= 4 is 11.6 Å². The van der Waals surface area contributed by atoms with Crippen LogP contribution < -0.4 is 5.73 Å². The summed E-state index contributed by atoms with van der Waals surface area (Å²) in [6.45, 7) is 2.76. The second kappa shape index (κ2) is 4.11. The Kier molecular flexibility index (Phi) is 2.98. The van der Waals surface area contributed by atoms with E-state index in [1.807, 2.05) is 13.1 Å². The highest BCUT2D eigenvalue weighted by Gasteiger charge is 2.38. The second-order valence-electron chi connectivity index (χ2n) is 4.50. The maximum Gasteiger partial charge on any atom is 0.131 e. The van der Waals surface area contributed by atoms with Gasteiger partial charge >= 0.3 is 0 Å². The molecule has 0 bridgehead atoms. The molecule has 1 saturated carbocycles. The molecule has 1 aliphatic rings. The topological polar surface area (TPSA) is 38.9 Å². The summed E-state index contributed by atoms with van der Waals surface area (Å²) in [6.07, 6.45) is 6.78. The van der Waals surface area contributed by atoms with Crippen LogP contribution in [0.4, 0.5) is 0 Å². The summed E-state index contributed by atoms with van der Waals surface area (Å²) in [5.74, 6) is 0. The number of pyridine rings is 1. The number of aromatic nitrogens is 1. The smallest absolute Gasteiger partial charge is 0.131 e. The molecule has 0 aromatic carbocycles. The second-order valence-corrected chi connectivity index (χ2v) is 4.86. The van der Waals surface area contributed by atoms with Gasteiger partial charge in [-0.2, -0.15) is 0 Å². The molecule has 1 fully saturated rings. The van der Waals surface area contributed by atoms with Crippen LogP contribution in [0.1, 0.15) is 36.8 Å². The van der Waals surface area contributed by atoms with Crippen LogP contribution in [-0.4, -0.2) is 11.5 Å². The molecule has 2 N–H and O–H groups in total. The number of halogens is 1. The number of hydrogen-bond donors (Lipinski definition) is 1. The number of hydrogen-bond acceptors (Lipinski definition) is 2. The highest BCUT2D eigenvalue weighted by molar-refractivity contribution is 6.30. The van der Waals surface area contributed by atoms with E-state index in [1.165, 1.54) is 24.8 Å². The highest BCUT2D eigenvalue weighted by Crippen LogP contribution is 2.46. The monoisotopic (exact) mass is 224 g/mol. The van der Waals surface area contributed by atoms with Crippen LogP contribution in [0.25, 0.3) is 0 Å². The maximum atomic E-state index is 5.93. The minimum atomic E-state index is 0.303. The zero-order valence-electron chi connectivity index (χ0n) is 9.09. The van der Waals surface area contributed by atoms with E-state index in [0.29, 0.717) is 10.6 Å². The Hall–Kier alpha value is -0.600. The van der Waals surface area contributed by atoms with Gasteiger partial charge in [0.2, 0.25) is 0 Å². The van der Waals surface area contributed by atoms with Crippen molar-refractivity contribution < 1.29 is 0 Å². The van der Waals surface area contributed by atoms with Gasteiger partial charge in [0.1, 0.15) is 5.15 Å². The Bertz CT molecular complexity index is 359. The van der Waals surface area contributed by atoms with Gasteiger partial charge in [-0.25, -0.2) is 4.98 Å². The highest BCUT2D eigenvalue weighted by atomic mass is 35.5. The van der Waals surface area contributed by atoms with E-state index in [2.05, 4.69) is 11.1 Å². The minimum Gasteiger partial charge on any atom is -0.330 e. The van der Waals surface area contributed by atoms with E-state index in [4.69, 9.17) is 17.3 Å². The van der Waals surface area contributed by atoms with E-state index in [0.717, 1.165) is 18.5 Å². The van der Waals surface area contributed by atoms with Crippen LogP contribution in [0.2, 0.25) is 5.15 Å². The Labute approximate surface area is 95.8 Å². The molecule has 0 amide bonds. The molecule has 1 aliphatic carbocycles. The molecule has 2 rings (SSSR count). The van der Waals surface area contributed by atoms with Crippen molar-refractivity contribution in [2.75, 3.05) is 6.54 Å². The lowest BCUT2D eigenvalue weighted by Crippen LogP contribution is -2.36. The Morgan fingerprint density at radius 1 is 1.53 bits per heavy atom. The van der Waals surface area contributed by atoms with Gasteiger partial charge in [-0.05, 0) is 49.3 Å². The van der Waals surface area contributed by atoms with Gasteiger partial charge in [0.25, 0.3) is 0 Å². The third-order valence-corrected chi connectivity index (χ3v) is 3.96. The van der Waals surface area contributed by atoms with Gasteiger partial charge in [0.15, 0.2) is 0 Å². The van der Waals surface area contributed by atoms with E-state index in [9.17, 15) is 0 Å². The van der Waals surface area contributed by atoms with E-state index in [1.54, 1.807) is 0 Å². The third-order valence-electron chi connectivity index (χ3n) is 3.56. The number of aryl methyl sites for hydroxylation is 1. The van der Waals surface area contributed by atoms with Gasteiger partial charge in [0.05, 0.1) is 0 Å². The van der Waals surface area contributed by atoms with Gasteiger partial charge in [-0.1, -0.05) is 24.1 Å². The first kappa shape index (κ1) is 10.9. The van der Waals surface area contributed by atoms with E-state index < -0.39 is 0 Å². The molecular weight excluding hydrogens is 208 g/mol. The van der Waals surface area contributed by atoms with Crippen LogP contribution in [0.3, 0.4) is 0 Å².